The average molecular weight is 272 g/mol. The second kappa shape index (κ2) is 5.69. The van der Waals surface area contributed by atoms with E-state index in [1.165, 1.54) is 14.1 Å². The van der Waals surface area contributed by atoms with Crippen LogP contribution in [-0.4, -0.2) is 37.9 Å². The number of benzene rings is 1. The van der Waals surface area contributed by atoms with Crippen molar-refractivity contribution in [3.8, 4) is 0 Å². The van der Waals surface area contributed by atoms with Gasteiger partial charge in [0.05, 0.1) is 0 Å². The Kier molecular flexibility index (Phi) is 4.51. The minimum Gasteiger partial charge on any atom is -0.409 e. The van der Waals surface area contributed by atoms with Crippen molar-refractivity contribution in [1.82, 2.24) is 4.31 Å². The number of amidine groups is 1. The number of hydrogen-bond acceptors (Lipinski definition) is 4. The van der Waals surface area contributed by atoms with Crippen molar-refractivity contribution < 1.29 is 13.6 Å². The molecule has 0 aliphatic carbocycles. The van der Waals surface area contributed by atoms with E-state index in [2.05, 4.69) is 9.88 Å². The lowest BCUT2D eigenvalue weighted by Gasteiger charge is -2.13. The summed E-state index contributed by atoms with van der Waals surface area (Å²) in [4.78, 5) is 0. The van der Waals surface area contributed by atoms with Crippen LogP contribution in [0.2, 0.25) is 0 Å². The molecule has 0 saturated heterocycles. The van der Waals surface area contributed by atoms with Crippen molar-refractivity contribution >= 4 is 21.7 Å². The number of oxime groups is 1. The van der Waals surface area contributed by atoms with Crippen molar-refractivity contribution in [2.45, 2.75) is 6.42 Å². The zero-order valence-electron chi connectivity index (χ0n) is 10.2. The Bertz CT molecular complexity index is 523. The molecule has 0 unspecified atom stereocenters. The van der Waals surface area contributed by atoms with Crippen molar-refractivity contribution in [3.63, 3.8) is 0 Å². The molecule has 0 saturated carbocycles. The molecule has 0 bridgehead atoms. The number of hydrogen-bond donors (Lipinski definition) is 3. The summed E-state index contributed by atoms with van der Waals surface area (Å²) in [6, 6.07) is 6.62. The molecule has 4 N–H and O–H groups in total. The summed E-state index contributed by atoms with van der Waals surface area (Å²) in [6.07, 6.45) is 0.303. The van der Waals surface area contributed by atoms with Crippen LogP contribution in [0.5, 0.6) is 0 Å². The van der Waals surface area contributed by atoms with E-state index in [0.717, 1.165) is 9.87 Å². The highest BCUT2D eigenvalue weighted by Gasteiger charge is 2.12. The fourth-order valence-corrected chi connectivity index (χ4v) is 1.79. The maximum Gasteiger partial charge on any atom is 0.301 e. The summed E-state index contributed by atoms with van der Waals surface area (Å²) < 4.78 is 26.6. The Morgan fingerprint density at radius 3 is 2.39 bits per heavy atom. The molecule has 0 aliphatic rings. The predicted octanol–water partition coefficient (Wildman–Crippen LogP) is 0.194. The molecule has 0 amide bonds. The number of nitrogens with one attached hydrogen (secondary N) is 1. The summed E-state index contributed by atoms with van der Waals surface area (Å²) >= 11 is 0. The number of rotatable bonds is 5. The fraction of sp³-hybridized carbons (Fsp3) is 0.300. The minimum atomic E-state index is -3.50. The van der Waals surface area contributed by atoms with Crippen LogP contribution in [0.15, 0.2) is 29.4 Å². The third kappa shape index (κ3) is 3.90. The lowest BCUT2D eigenvalue weighted by atomic mass is 10.1. The second-order valence-electron chi connectivity index (χ2n) is 3.85. The van der Waals surface area contributed by atoms with Gasteiger partial charge in [0, 0.05) is 26.2 Å². The maximum atomic E-state index is 11.6. The summed E-state index contributed by atoms with van der Waals surface area (Å²) in [7, 11) is -0.618. The van der Waals surface area contributed by atoms with Gasteiger partial charge in [-0.25, -0.2) is 0 Å². The summed E-state index contributed by atoms with van der Waals surface area (Å²) in [5.74, 6) is 0.0941. The Balaban J connectivity index is 2.78. The van der Waals surface area contributed by atoms with Gasteiger partial charge in [0.25, 0.3) is 0 Å². The topological polar surface area (TPSA) is 108 Å². The zero-order valence-corrected chi connectivity index (χ0v) is 11.0. The van der Waals surface area contributed by atoms with E-state index in [9.17, 15) is 8.42 Å². The fourth-order valence-electron chi connectivity index (χ4n) is 1.18. The van der Waals surface area contributed by atoms with E-state index in [-0.39, 0.29) is 5.84 Å². The molecule has 7 nitrogen and oxygen atoms in total. The highest BCUT2D eigenvalue weighted by molar-refractivity contribution is 7.90. The number of anilines is 1. The second-order valence-corrected chi connectivity index (χ2v) is 5.74. The Morgan fingerprint density at radius 1 is 1.39 bits per heavy atom. The van der Waals surface area contributed by atoms with E-state index in [1.807, 2.05) is 0 Å². The van der Waals surface area contributed by atoms with E-state index in [1.54, 1.807) is 24.3 Å². The molecule has 1 rings (SSSR count). The van der Waals surface area contributed by atoms with E-state index < -0.39 is 10.2 Å². The first-order valence-electron chi connectivity index (χ1n) is 5.11. The van der Waals surface area contributed by atoms with Gasteiger partial charge < -0.3 is 10.9 Å². The lowest BCUT2D eigenvalue weighted by Crippen LogP contribution is -2.28. The maximum absolute atomic E-state index is 11.6. The number of nitrogens with two attached hydrogens (primary N) is 1. The zero-order chi connectivity index (χ0) is 13.8. The van der Waals surface area contributed by atoms with Gasteiger partial charge in [-0.2, -0.15) is 12.7 Å². The van der Waals surface area contributed by atoms with Crippen LogP contribution in [0.4, 0.5) is 5.69 Å². The molecule has 0 heterocycles. The molecule has 1 aromatic carbocycles. The molecule has 0 radical (unpaired) electrons. The average Bonchev–Trinajstić information content (AvgIpc) is 2.31. The number of nitrogens with zero attached hydrogens (tertiary/aromatic N) is 2. The van der Waals surface area contributed by atoms with Gasteiger partial charge in [0.15, 0.2) is 0 Å². The van der Waals surface area contributed by atoms with Gasteiger partial charge in [-0.1, -0.05) is 17.3 Å². The molecule has 1 aromatic rings. The molecule has 0 spiro atoms. The summed E-state index contributed by atoms with van der Waals surface area (Å²) in [6.45, 7) is 0. The van der Waals surface area contributed by atoms with Crippen LogP contribution in [0.3, 0.4) is 0 Å². The normalized spacial score (nSPS) is 12.7. The molecule has 0 aliphatic heterocycles. The first-order chi connectivity index (χ1) is 8.35. The van der Waals surface area contributed by atoms with Crippen molar-refractivity contribution in [2.24, 2.45) is 10.9 Å². The van der Waals surface area contributed by atoms with E-state index >= 15 is 0 Å². The first kappa shape index (κ1) is 14.3. The van der Waals surface area contributed by atoms with Gasteiger partial charge in [-0.3, -0.25) is 4.72 Å². The third-order valence-corrected chi connectivity index (χ3v) is 3.65. The smallest absolute Gasteiger partial charge is 0.301 e. The van der Waals surface area contributed by atoms with Gasteiger partial charge in [-0.15, -0.1) is 0 Å². The van der Waals surface area contributed by atoms with Gasteiger partial charge in [0.2, 0.25) is 0 Å². The van der Waals surface area contributed by atoms with Crippen molar-refractivity contribution in [2.75, 3.05) is 18.8 Å². The largest absolute Gasteiger partial charge is 0.409 e. The standard InChI is InChI=1S/C10H16N4O3S/c1-14(2)18(16,17)13-9-5-3-8(4-6-9)7-10(11)12-15/h3-6,13,15H,7H2,1-2H3,(H2,11,12). The molecular weight excluding hydrogens is 256 g/mol. The highest BCUT2D eigenvalue weighted by atomic mass is 32.2. The molecule has 0 aromatic heterocycles. The third-order valence-electron chi connectivity index (χ3n) is 2.20. The first-order valence-corrected chi connectivity index (χ1v) is 6.55. The molecule has 0 atom stereocenters. The van der Waals surface area contributed by atoms with Crippen LogP contribution < -0.4 is 10.5 Å². The lowest BCUT2D eigenvalue weighted by molar-refractivity contribution is 0.317. The van der Waals surface area contributed by atoms with Crippen molar-refractivity contribution in [1.29, 1.82) is 0 Å². The quantitative estimate of drug-likeness (QED) is 0.308. The van der Waals surface area contributed by atoms with Gasteiger partial charge >= 0.3 is 10.2 Å². The molecule has 8 heteroatoms. The molecular formula is C10H16N4O3S. The van der Waals surface area contributed by atoms with Crippen LogP contribution in [0.1, 0.15) is 5.56 Å². The SMILES string of the molecule is CN(C)S(=O)(=O)Nc1ccc(CC(N)=NO)cc1. The highest BCUT2D eigenvalue weighted by Crippen LogP contribution is 2.12. The van der Waals surface area contributed by atoms with Gasteiger partial charge in [0.1, 0.15) is 5.84 Å². The van der Waals surface area contributed by atoms with Gasteiger partial charge in [-0.05, 0) is 17.7 Å². The Morgan fingerprint density at radius 2 is 1.94 bits per heavy atom. The minimum absolute atomic E-state index is 0.0941. The molecule has 0 fully saturated rings. The van der Waals surface area contributed by atoms with Crippen LogP contribution >= 0.6 is 0 Å². The van der Waals surface area contributed by atoms with Crippen LogP contribution in [0.25, 0.3) is 0 Å². The summed E-state index contributed by atoms with van der Waals surface area (Å²) in [5, 5.41) is 11.3. The monoisotopic (exact) mass is 272 g/mol. The van der Waals surface area contributed by atoms with Crippen molar-refractivity contribution in [3.05, 3.63) is 29.8 Å². The van der Waals surface area contributed by atoms with E-state index in [4.69, 9.17) is 10.9 Å². The molecule has 18 heavy (non-hydrogen) atoms. The van der Waals surface area contributed by atoms with Crippen LogP contribution in [-0.2, 0) is 16.6 Å². The van der Waals surface area contributed by atoms with Crippen LogP contribution in [0, 0.1) is 0 Å². The Hall–Kier alpha value is -1.80. The predicted molar refractivity (Wildman–Crippen MR) is 69.8 cm³/mol. The summed E-state index contributed by atoms with van der Waals surface area (Å²) in [5.41, 5.74) is 6.63. The molecule has 100 valence electrons. The van der Waals surface area contributed by atoms with E-state index in [0.29, 0.717) is 12.1 Å². The Labute approximate surface area is 106 Å².